The van der Waals surface area contributed by atoms with E-state index in [1.807, 2.05) is 42.5 Å². The fraction of sp³-hybridized carbons (Fsp3) is 0.250. The van der Waals surface area contributed by atoms with Gasteiger partial charge >= 0.3 is 0 Å². The molecular formula is C20H25ClN2O. The van der Waals surface area contributed by atoms with Crippen LogP contribution >= 0.6 is 0 Å². The third kappa shape index (κ3) is 6.19. The zero-order chi connectivity index (χ0) is 16.5. The van der Waals surface area contributed by atoms with Crippen LogP contribution in [0.1, 0.15) is 15.9 Å². The normalized spacial score (nSPS) is 12.5. The number of halogens is 1. The number of nitrogens with zero attached hydrogens (tertiary/aromatic N) is 1. The molecule has 128 valence electrons. The maximum atomic E-state index is 12.1. The highest BCUT2D eigenvalue weighted by molar-refractivity contribution is 5.94. The van der Waals surface area contributed by atoms with Crippen molar-refractivity contribution >= 4 is 5.91 Å². The smallest absolute Gasteiger partial charge is 0.251 e. The average Bonchev–Trinajstić information content (AvgIpc) is 2.56. The van der Waals surface area contributed by atoms with Crippen LogP contribution in [0, 0.1) is 0 Å². The Hall–Kier alpha value is -2.10. The van der Waals surface area contributed by atoms with Gasteiger partial charge in [0.05, 0.1) is 26.7 Å². The summed E-state index contributed by atoms with van der Waals surface area (Å²) in [5.41, 5.74) is 2.00. The molecule has 0 aliphatic rings. The number of hydrogen-bond donors (Lipinski definition) is 1. The summed E-state index contributed by atoms with van der Waals surface area (Å²) in [6, 6.07) is 19.8. The molecule has 0 bridgehead atoms. The van der Waals surface area contributed by atoms with Gasteiger partial charge in [-0.2, -0.15) is 0 Å². The van der Waals surface area contributed by atoms with Gasteiger partial charge in [0.25, 0.3) is 5.91 Å². The average molecular weight is 345 g/mol. The molecular weight excluding hydrogens is 320 g/mol. The van der Waals surface area contributed by atoms with Crippen molar-refractivity contribution in [3.8, 4) is 0 Å². The van der Waals surface area contributed by atoms with E-state index in [9.17, 15) is 4.79 Å². The number of rotatable bonds is 8. The van der Waals surface area contributed by atoms with E-state index in [1.54, 1.807) is 0 Å². The summed E-state index contributed by atoms with van der Waals surface area (Å²) in [5, 5.41) is 3.01. The van der Waals surface area contributed by atoms with Gasteiger partial charge in [-0.3, -0.25) is 4.79 Å². The first-order valence-electron chi connectivity index (χ1n) is 7.94. The number of quaternary nitrogens is 1. The number of nitrogens with one attached hydrogen (secondary N) is 1. The SMILES string of the molecule is C=CC[N+](C)(CCNC(=O)c1ccccc1)Cc1ccccc1.[Cl-]. The van der Waals surface area contributed by atoms with Crippen molar-refractivity contribution in [1.29, 1.82) is 0 Å². The molecule has 2 aromatic carbocycles. The summed E-state index contributed by atoms with van der Waals surface area (Å²) in [6.07, 6.45) is 1.95. The quantitative estimate of drug-likeness (QED) is 0.540. The molecule has 1 unspecified atom stereocenters. The van der Waals surface area contributed by atoms with Crippen LogP contribution in [0.3, 0.4) is 0 Å². The van der Waals surface area contributed by atoms with E-state index in [2.05, 4.69) is 43.2 Å². The largest absolute Gasteiger partial charge is 1.00 e. The lowest BCUT2D eigenvalue weighted by molar-refractivity contribution is -0.915. The van der Waals surface area contributed by atoms with E-state index < -0.39 is 0 Å². The molecule has 4 heteroatoms. The van der Waals surface area contributed by atoms with E-state index in [-0.39, 0.29) is 18.3 Å². The second-order valence-electron chi connectivity index (χ2n) is 6.08. The van der Waals surface area contributed by atoms with Gasteiger partial charge in [0, 0.05) is 11.1 Å². The predicted octanol–water partition coefficient (Wildman–Crippen LogP) is 0.253. The molecule has 0 heterocycles. The van der Waals surface area contributed by atoms with Gasteiger partial charge in [-0.05, 0) is 18.2 Å². The van der Waals surface area contributed by atoms with Gasteiger partial charge in [-0.1, -0.05) is 55.1 Å². The van der Waals surface area contributed by atoms with Crippen LogP contribution in [0.4, 0.5) is 0 Å². The summed E-state index contributed by atoms with van der Waals surface area (Å²) < 4.78 is 0.822. The van der Waals surface area contributed by atoms with Crippen LogP contribution in [-0.2, 0) is 6.54 Å². The van der Waals surface area contributed by atoms with Gasteiger partial charge in [0.15, 0.2) is 0 Å². The Balaban J connectivity index is 0.00000288. The van der Waals surface area contributed by atoms with E-state index in [0.29, 0.717) is 12.1 Å². The highest BCUT2D eigenvalue weighted by atomic mass is 35.5. The molecule has 1 atom stereocenters. The lowest BCUT2D eigenvalue weighted by atomic mass is 10.2. The Labute approximate surface area is 151 Å². The number of carbonyl (C=O) groups is 1. The fourth-order valence-corrected chi connectivity index (χ4v) is 2.70. The van der Waals surface area contributed by atoms with E-state index >= 15 is 0 Å². The van der Waals surface area contributed by atoms with Gasteiger partial charge in [-0.25, -0.2) is 0 Å². The Bertz CT molecular complexity index is 631. The molecule has 2 aromatic rings. The Kier molecular flexibility index (Phi) is 8.24. The van der Waals surface area contributed by atoms with E-state index in [0.717, 1.165) is 24.1 Å². The van der Waals surface area contributed by atoms with Gasteiger partial charge in [0.2, 0.25) is 0 Å². The molecule has 1 amide bonds. The fourth-order valence-electron chi connectivity index (χ4n) is 2.70. The molecule has 0 radical (unpaired) electrons. The summed E-state index contributed by atoms with van der Waals surface area (Å²) in [5.74, 6) is -0.0181. The van der Waals surface area contributed by atoms with Gasteiger partial charge < -0.3 is 22.2 Å². The van der Waals surface area contributed by atoms with Gasteiger partial charge in [-0.15, -0.1) is 0 Å². The lowest BCUT2D eigenvalue weighted by Crippen LogP contribution is -3.00. The zero-order valence-electron chi connectivity index (χ0n) is 14.1. The third-order valence-corrected chi connectivity index (χ3v) is 3.95. The Morgan fingerprint density at radius 2 is 1.67 bits per heavy atom. The topological polar surface area (TPSA) is 29.1 Å². The van der Waals surface area contributed by atoms with Crippen LogP contribution in [0.2, 0.25) is 0 Å². The number of carbonyl (C=O) groups excluding carboxylic acids is 1. The maximum absolute atomic E-state index is 12.1. The highest BCUT2D eigenvalue weighted by Gasteiger charge is 2.20. The van der Waals surface area contributed by atoms with Crippen molar-refractivity contribution in [3.05, 3.63) is 84.4 Å². The monoisotopic (exact) mass is 344 g/mol. The van der Waals surface area contributed by atoms with Gasteiger partial charge in [0.1, 0.15) is 6.54 Å². The summed E-state index contributed by atoms with van der Waals surface area (Å²) in [6.45, 7) is 7.18. The molecule has 0 saturated heterocycles. The molecule has 0 aromatic heterocycles. The number of likely N-dealkylation sites (N-methyl/N-ethyl adjacent to an activating group) is 1. The second-order valence-corrected chi connectivity index (χ2v) is 6.08. The van der Waals surface area contributed by atoms with Crippen molar-refractivity contribution in [2.75, 3.05) is 26.7 Å². The zero-order valence-corrected chi connectivity index (χ0v) is 14.9. The van der Waals surface area contributed by atoms with Crippen molar-refractivity contribution in [3.63, 3.8) is 0 Å². The summed E-state index contributed by atoms with van der Waals surface area (Å²) >= 11 is 0. The molecule has 24 heavy (non-hydrogen) atoms. The standard InChI is InChI=1S/C20H24N2O.ClH/c1-3-15-22(2,17-18-10-6-4-7-11-18)16-14-21-20(23)19-12-8-5-9-13-19;/h3-13H,1,14-17H2,2H3;1H. The minimum Gasteiger partial charge on any atom is -1.00 e. The molecule has 3 nitrogen and oxygen atoms in total. The summed E-state index contributed by atoms with van der Waals surface area (Å²) in [7, 11) is 2.20. The molecule has 0 saturated carbocycles. The first-order valence-corrected chi connectivity index (χ1v) is 7.94. The van der Waals surface area contributed by atoms with Crippen molar-refractivity contribution in [2.24, 2.45) is 0 Å². The minimum atomic E-state index is -0.0181. The van der Waals surface area contributed by atoms with Crippen molar-refractivity contribution < 1.29 is 21.7 Å². The predicted molar refractivity (Wildman–Crippen MR) is 95.0 cm³/mol. The molecule has 2 rings (SSSR count). The minimum absolute atomic E-state index is 0. The first-order chi connectivity index (χ1) is 11.1. The molecule has 1 N–H and O–H groups in total. The van der Waals surface area contributed by atoms with Crippen LogP contribution in [-0.4, -0.2) is 37.1 Å². The van der Waals surface area contributed by atoms with Crippen LogP contribution in [0.5, 0.6) is 0 Å². The third-order valence-electron chi connectivity index (χ3n) is 3.95. The number of hydrogen-bond acceptors (Lipinski definition) is 1. The van der Waals surface area contributed by atoms with Crippen molar-refractivity contribution in [1.82, 2.24) is 5.32 Å². The van der Waals surface area contributed by atoms with Crippen LogP contribution < -0.4 is 17.7 Å². The van der Waals surface area contributed by atoms with E-state index in [4.69, 9.17) is 0 Å². The number of amides is 1. The maximum Gasteiger partial charge on any atom is 0.251 e. The Morgan fingerprint density at radius 3 is 2.25 bits per heavy atom. The molecule has 0 aliphatic carbocycles. The first kappa shape index (κ1) is 19.9. The number of benzene rings is 2. The van der Waals surface area contributed by atoms with Crippen molar-refractivity contribution in [2.45, 2.75) is 6.54 Å². The Morgan fingerprint density at radius 1 is 1.08 bits per heavy atom. The highest BCUT2D eigenvalue weighted by Crippen LogP contribution is 2.11. The molecule has 0 spiro atoms. The lowest BCUT2D eigenvalue weighted by Gasteiger charge is -2.33. The molecule has 0 fully saturated rings. The van der Waals surface area contributed by atoms with Crippen LogP contribution in [0.25, 0.3) is 0 Å². The molecule has 0 aliphatic heterocycles. The van der Waals surface area contributed by atoms with Crippen LogP contribution in [0.15, 0.2) is 73.3 Å². The summed E-state index contributed by atoms with van der Waals surface area (Å²) in [4.78, 5) is 12.1. The second kappa shape index (κ2) is 9.91. The van der Waals surface area contributed by atoms with E-state index in [1.165, 1.54) is 5.56 Å².